The van der Waals surface area contributed by atoms with Crippen LogP contribution in [0.2, 0.25) is 5.02 Å². The molecule has 3 rings (SSSR count). The summed E-state index contributed by atoms with van der Waals surface area (Å²) in [5.41, 5.74) is 2.60. The number of allylic oxidation sites excluding steroid dienone is 1. The summed E-state index contributed by atoms with van der Waals surface area (Å²) < 4.78 is 10.1. The maximum absolute atomic E-state index is 12.5. The van der Waals surface area contributed by atoms with Gasteiger partial charge in [0, 0.05) is 10.7 Å². The van der Waals surface area contributed by atoms with E-state index in [1.807, 2.05) is 22.4 Å². The first-order chi connectivity index (χ1) is 13.0. The number of methoxy groups -OCH3 is 1. The minimum atomic E-state index is -0.460. The molecule has 0 saturated heterocycles. The van der Waals surface area contributed by atoms with E-state index < -0.39 is 12.0 Å². The number of ether oxygens (including phenoxy) is 2. The molecule has 0 aliphatic carbocycles. The van der Waals surface area contributed by atoms with Crippen LogP contribution >= 0.6 is 23.4 Å². The van der Waals surface area contributed by atoms with E-state index >= 15 is 0 Å². The number of amidine groups is 1. The summed E-state index contributed by atoms with van der Waals surface area (Å²) in [7, 11) is 1.34. The number of carbonyl (C=O) groups excluding carboxylic acids is 2. The zero-order valence-electron chi connectivity index (χ0n) is 15.2. The molecule has 0 amide bonds. The normalized spacial score (nSPS) is 18.7. The van der Waals surface area contributed by atoms with Crippen LogP contribution in [0.5, 0.6) is 0 Å². The summed E-state index contributed by atoms with van der Waals surface area (Å²) in [6.07, 6.45) is 0.0947. The van der Waals surface area contributed by atoms with Gasteiger partial charge in [-0.25, -0.2) is 9.79 Å². The molecule has 1 aromatic rings. The lowest BCUT2D eigenvalue weighted by atomic mass is 9.94. The number of esters is 2. The quantitative estimate of drug-likeness (QED) is 0.687. The molecule has 0 aromatic heterocycles. The van der Waals surface area contributed by atoms with E-state index in [-0.39, 0.29) is 12.4 Å². The number of halogens is 1. The van der Waals surface area contributed by atoms with Crippen LogP contribution in [0, 0.1) is 0 Å². The van der Waals surface area contributed by atoms with Crippen molar-refractivity contribution in [2.45, 2.75) is 26.3 Å². The second-order valence-corrected chi connectivity index (χ2v) is 7.19. The number of thioether (sulfide) groups is 1. The fourth-order valence-corrected chi connectivity index (χ4v) is 4.15. The highest BCUT2D eigenvalue weighted by Crippen LogP contribution is 2.44. The molecule has 0 spiro atoms. The number of hydrogen-bond acceptors (Lipinski definition) is 7. The molecule has 0 fully saturated rings. The molecule has 0 bridgehead atoms. The largest absolute Gasteiger partial charge is 0.466 e. The van der Waals surface area contributed by atoms with Gasteiger partial charge in [0.15, 0.2) is 5.17 Å². The maximum atomic E-state index is 12.5. The molecular weight excluding hydrogens is 388 g/mol. The molecule has 2 aliphatic rings. The zero-order valence-corrected chi connectivity index (χ0v) is 16.8. The second kappa shape index (κ2) is 8.19. The summed E-state index contributed by atoms with van der Waals surface area (Å²) in [5, 5.41) is 3.17. The summed E-state index contributed by atoms with van der Waals surface area (Å²) in [4.78, 5) is 31.0. The zero-order chi connectivity index (χ0) is 19.6. The average Bonchev–Trinajstić information content (AvgIpc) is 3.03. The highest BCUT2D eigenvalue weighted by Gasteiger charge is 2.41. The van der Waals surface area contributed by atoms with E-state index in [1.54, 1.807) is 26.0 Å². The number of fused-ring (bicyclic) bond motifs is 1. The van der Waals surface area contributed by atoms with Crippen molar-refractivity contribution in [2.24, 2.45) is 4.99 Å². The van der Waals surface area contributed by atoms with E-state index in [4.69, 9.17) is 21.1 Å². The van der Waals surface area contributed by atoms with Crippen molar-refractivity contribution in [1.29, 1.82) is 0 Å². The SMILES string of the molecule is CCOC(=O)CC1=CSC2=NC(C)=C(C(=O)OC)C(c3ccc(Cl)cc3)N12. The maximum Gasteiger partial charge on any atom is 0.338 e. The van der Waals surface area contributed by atoms with Crippen molar-refractivity contribution >= 4 is 40.5 Å². The van der Waals surface area contributed by atoms with Gasteiger partial charge in [0.05, 0.1) is 37.4 Å². The molecule has 1 aromatic carbocycles. The van der Waals surface area contributed by atoms with Crippen LogP contribution in [0.4, 0.5) is 0 Å². The van der Waals surface area contributed by atoms with Gasteiger partial charge in [-0.2, -0.15) is 0 Å². The van der Waals surface area contributed by atoms with Gasteiger partial charge in [0.1, 0.15) is 0 Å². The lowest BCUT2D eigenvalue weighted by Crippen LogP contribution is -2.37. The lowest BCUT2D eigenvalue weighted by Gasteiger charge is -2.36. The highest BCUT2D eigenvalue weighted by atomic mass is 35.5. The van der Waals surface area contributed by atoms with Crippen LogP contribution in [0.25, 0.3) is 0 Å². The van der Waals surface area contributed by atoms with Crippen molar-refractivity contribution in [3.05, 3.63) is 57.2 Å². The standard InChI is InChI=1S/C19H19ClN2O4S/c1-4-26-15(23)9-14-10-27-19-21-11(2)16(18(24)25-3)17(22(14)19)12-5-7-13(20)8-6-12/h5-8,10,17H,4,9H2,1-3H3. The number of hydrogen-bond donors (Lipinski definition) is 0. The number of benzene rings is 1. The molecule has 0 N–H and O–H groups in total. The molecule has 0 radical (unpaired) electrons. The monoisotopic (exact) mass is 406 g/mol. The fourth-order valence-electron chi connectivity index (χ4n) is 3.06. The Kier molecular flexibility index (Phi) is 5.92. The Morgan fingerprint density at radius 1 is 1.30 bits per heavy atom. The topological polar surface area (TPSA) is 68.2 Å². The molecule has 6 nitrogen and oxygen atoms in total. The first-order valence-electron chi connectivity index (χ1n) is 8.40. The van der Waals surface area contributed by atoms with Crippen LogP contribution in [0.1, 0.15) is 31.9 Å². The van der Waals surface area contributed by atoms with Gasteiger partial charge >= 0.3 is 11.9 Å². The molecule has 27 heavy (non-hydrogen) atoms. The van der Waals surface area contributed by atoms with E-state index in [1.165, 1.54) is 18.9 Å². The van der Waals surface area contributed by atoms with Crippen LogP contribution in [-0.4, -0.2) is 35.7 Å². The Bertz CT molecular complexity index is 861. The van der Waals surface area contributed by atoms with Gasteiger partial charge in [-0.15, -0.1) is 0 Å². The number of carbonyl (C=O) groups is 2. The van der Waals surface area contributed by atoms with Crippen molar-refractivity contribution in [2.75, 3.05) is 13.7 Å². The van der Waals surface area contributed by atoms with Crippen LogP contribution in [0.15, 0.2) is 51.6 Å². The number of nitrogens with zero attached hydrogens (tertiary/aromatic N) is 2. The molecule has 1 unspecified atom stereocenters. The van der Waals surface area contributed by atoms with E-state index in [0.717, 1.165) is 11.3 Å². The predicted molar refractivity (Wildman–Crippen MR) is 105 cm³/mol. The Labute approximate surface area is 166 Å². The first kappa shape index (κ1) is 19.5. The van der Waals surface area contributed by atoms with Crippen molar-refractivity contribution in [3.8, 4) is 0 Å². The van der Waals surface area contributed by atoms with Crippen LogP contribution in [-0.2, 0) is 19.1 Å². The van der Waals surface area contributed by atoms with E-state index in [0.29, 0.717) is 28.1 Å². The third-order valence-electron chi connectivity index (χ3n) is 4.22. The van der Waals surface area contributed by atoms with Gasteiger partial charge in [0.2, 0.25) is 0 Å². The van der Waals surface area contributed by atoms with Gasteiger partial charge in [-0.05, 0) is 37.0 Å². The lowest BCUT2D eigenvalue weighted by molar-refractivity contribution is -0.142. The smallest absolute Gasteiger partial charge is 0.338 e. The first-order valence-corrected chi connectivity index (χ1v) is 9.65. The van der Waals surface area contributed by atoms with Crippen molar-refractivity contribution < 1.29 is 19.1 Å². The molecular formula is C19H19ClN2O4S. The van der Waals surface area contributed by atoms with Crippen molar-refractivity contribution in [3.63, 3.8) is 0 Å². The average molecular weight is 407 g/mol. The molecule has 142 valence electrons. The number of rotatable bonds is 5. The van der Waals surface area contributed by atoms with Gasteiger partial charge in [0.25, 0.3) is 0 Å². The molecule has 2 aliphatic heterocycles. The predicted octanol–water partition coefficient (Wildman–Crippen LogP) is 4.04. The minimum absolute atomic E-state index is 0.0947. The van der Waals surface area contributed by atoms with E-state index in [2.05, 4.69) is 4.99 Å². The van der Waals surface area contributed by atoms with Gasteiger partial charge < -0.3 is 14.4 Å². The molecule has 2 heterocycles. The number of aliphatic imine (C=N–C) groups is 1. The summed E-state index contributed by atoms with van der Waals surface area (Å²) >= 11 is 7.45. The van der Waals surface area contributed by atoms with Crippen LogP contribution < -0.4 is 0 Å². The Hall–Kier alpha value is -2.25. The summed E-state index contributed by atoms with van der Waals surface area (Å²) in [6.45, 7) is 3.86. The van der Waals surface area contributed by atoms with E-state index in [9.17, 15) is 9.59 Å². The molecule has 8 heteroatoms. The molecule has 1 atom stereocenters. The third kappa shape index (κ3) is 3.89. The van der Waals surface area contributed by atoms with Crippen molar-refractivity contribution in [1.82, 2.24) is 4.90 Å². The van der Waals surface area contributed by atoms with Crippen LogP contribution in [0.3, 0.4) is 0 Å². The van der Waals surface area contributed by atoms with Gasteiger partial charge in [-0.1, -0.05) is 35.5 Å². The third-order valence-corrected chi connectivity index (χ3v) is 5.36. The summed E-state index contributed by atoms with van der Waals surface area (Å²) in [6, 6.07) is 6.79. The highest BCUT2D eigenvalue weighted by molar-refractivity contribution is 8.16. The Morgan fingerprint density at radius 3 is 2.63 bits per heavy atom. The Balaban J connectivity index is 2.06. The minimum Gasteiger partial charge on any atom is -0.466 e. The molecule has 0 saturated carbocycles. The summed E-state index contributed by atoms with van der Waals surface area (Å²) in [5.74, 6) is -0.783. The Morgan fingerprint density at radius 2 is 2.00 bits per heavy atom. The second-order valence-electron chi connectivity index (χ2n) is 5.92. The van der Waals surface area contributed by atoms with Gasteiger partial charge in [-0.3, -0.25) is 4.79 Å². The fraction of sp³-hybridized carbons (Fsp3) is 0.316.